The third-order valence-electron chi connectivity index (χ3n) is 12.0. The van der Waals surface area contributed by atoms with E-state index in [1.807, 2.05) is 0 Å². The van der Waals surface area contributed by atoms with Gasteiger partial charge in [-0.3, -0.25) is 4.57 Å². The third-order valence-corrected chi connectivity index (χ3v) is 12.0. The number of benzene rings is 9. The molecular weight excluding hydrogens is 681 g/mol. The highest BCUT2D eigenvalue weighted by Gasteiger charge is 2.25. The SMILES string of the molecule is c1ccc(-c2ccc(-c3nc(-n4c5cccc6c7cccc8c9ccccc9n(c78)c7c8ccccc8cc4c7c65)nc4c3ccc3ccccc34)cc2)cc1. The monoisotopic (exact) mass is 710 g/mol. The largest absolute Gasteiger partial charge is 0.307 e. The minimum atomic E-state index is 0.658. The Morgan fingerprint density at radius 2 is 0.964 bits per heavy atom. The summed E-state index contributed by atoms with van der Waals surface area (Å²) >= 11 is 0. The Bertz CT molecular complexity index is 3740. The lowest BCUT2D eigenvalue weighted by molar-refractivity contribution is 1.02. The van der Waals surface area contributed by atoms with Gasteiger partial charge in [0, 0.05) is 48.7 Å². The van der Waals surface area contributed by atoms with Crippen LogP contribution >= 0.6 is 0 Å². The fourth-order valence-corrected chi connectivity index (χ4v) is 9.62. The summed E-state index contributed by atoms with van der Waals surface area (Å²) in [5.41, 5.74) is 11.1. The van der Waals surface area contributed by atoms with Gasteiger partial charge in [0.25, 0.3) is 0 Å². The third kappa shape index (κ3) is 3.92. The van der Waals surface area contributed by atoms with Gasteiger partial charge in [-0.05, 0) is 51.6 Å². The van der Waals surface area contributed by atoms with E-state index in [2.05, 4.69) is 191 Å². The van der Waals surface area contributed by atoms with Crippen molar-refractivity contribution >= 4 is 92.3 Å². The van der Waals surface area contributed by atoms with E-state index < -0.39 is 0 Å². The molecule has 0 radical (unpaired) electrons. The second-order valence-electron chi connectivity index (χ2n) is 14.9. The Labute approximate surface area is 320 Å². The highest BCUT2D eigenvalue weighted by Crippen LogP contribution is 2.46. The summed E-state index contributed by atoms with van der Waals surface area (Å²) in [4.78, 5) is 11.1. The molecule has 0 amide bonds. The highest BCUT2D eigenvalue weighted by atomic mass is 15.2. The number of hydrogen-bond donors (Lipinski definition) is 0. The Hall–Kier alpha value is -7.56. The molecular formula is C52H30N4. The first kappa shape index (κ1) is 29.8. The molecule has 4 heterocycles. The second-order valence-corrected chi connectivity index (χ2v) is 14.9. The average Bonchev–Trinajstić information content (AvgIpc) is 3.73. The van der Waals surface area contributed by atoms with E-state index in [9.17, 15) is 0 Å². The van der Waals surface area contributed by atoms with E-state index in [-0.39, 0.29) is 0 Å². The molecule has 13 aromatic rings. The van der Waals surface area contributed by atoms with Crippen molar-refractivity contribution in [2.24, 2.45) is 0 Å². The van der Waals surface area contributed by atoms with Crippen molar-refractivity contribution in [3.05, 3.63) is 182 Å². The number of rotatable bonds is 3. The van der Waals surface area contributed by atoms with E-state index in [0.29, 0.717) is 5.95 Å². The summed E-state index contributed by atoms with van der Waals surface area (Å²) < 4.78 is 4.85. The van der Waals surface area contributed by atoms with Crippen molar-refractivity contribution in [2.75, 3.05) is 0 Å². The van der Waals surface area contributed by atoms with Gasteiger partial charge in [-0.25, -0.2) is 9.97 Å². The van der Waals surface area contributed by atoms with Crippen LogP contribution in [-0.2, 0) is 0 Å². The fraction of sp³-hybridized carbons (Fsp3) is 0. The maximum atomic E-state index is 5.57. The quantitative estimate of drug-likeness (QED) is 0.171. The number of nitrogens with zero attached hydrogens (tertiary/aromatic N) is 4. The van der Waals surface area contributed by atoms with Crippen molar-refractivity contribution in [3.8, 4) is 28.3 Å². The van der Waals surface area contributed by atoms with Crippen molar-refractivity contribution in [1.82, 2.24) is 18.9 Å². The summed E-state index contributed by atoms with van der Waals surface area (Å²) in [6.45, 7) is 0. The molecule has 0 atom stereocenters. The van der Waals surface area contributed by atoms with Crippen molar-refractivity contribution in [3.63, 3.8) is 0 Å². The van der Waals surface area contributed by atoms with E-state index in [1.165, 1.54) is 70.8 Å². The molecule has 0 unspecified atom stereocenters. The second kappa shape index (κ2) is 11.0. The highest BCUT2D eigenvalue weighted by molar-refractivity contribution is 6.34. The van der Waals surface area contributed by atoms with Crippen LogP contribution in [0.25, 0.3) is 121 Å². The number of fused-ring (bicyclic) bond motifs is 10. The Balaban J connectivity index is 1.22. The van der Waals surface area contributed by atoms with E-state index in [0.717, 1.165) is 44.0 Å². The lowest BCUT2D eigenvalue weighted by Crippen LogP contribution is -2.04. The topological polar surface area (TPSA) is 35.1 Å². The molecule has 0 N–H and O–H groups in total. The van der Waals surface area contributed by atoms with Crippen LogP contribution in [0.1, 0.15) is 0 Å². The molecule has 4 aromatic heterocycles. The molecule has 0 saturated heterocycles. The fourth-order valence-electron chi connectivity index (χ4n) is 9.62. The minimum absolute atomic E-state index is 0.658. The van der Waals surface area contributed by atoms with E-state index >= 15 is 0 Å². The Kier molecular flexibility index (Phi) is 5.86. The van der Waals surface area contributed by atoms with Crippen LogP contribution in [-0.4, -0.2) is 18.9 Å². The summed E-state index contributed by atoms with van der Waals surface area (Å²) in [6.07, 6.45) is 0. The lowest BCUT2D eigenvalue weighted by Gasteiger charge is -2.14. The predicted octanol–water partition coefficient (Wildman–Crippen LogP) is 13.5. The standard InChI is InChI=1S/C52H30N4/c1-2-12-31(13-3-1)32-24-26-34(27-25-32)48-42-29-28-33-14-4-6-16-36(33)49(42)54-52(53-48)55-44-23-11-19-39-41-21-10-20-40-38-18-8-9-22-43(38)56(50(40)41)51-37-17-7-5-15-35(37)30-45(55)47(51)46(39)44/h1-30H. The molecule has 9 aromatic carbocycles. The maximum Gasteiger partial charge on any atom is 0.235 e. The molecule has 56 heavy (non-hydrogen) atoms. The number of aromatic nitrogens is 4. The Morgan fingerprint density at radius 3 is 1.82 bits per heavy atom. The van der Waals surface area contributed by atoms with Gasteiger partial charge in [-0.1, -0.05) is 158 Å². The van der Waals surface area contributed by atoms with Gasteiger partial charge in [0.1, 0.15) is 0 Å². The van der Waals surface area contributed by atoms with Crippen LogP contribution in [0.4, 0.5) is 0 Å². The molecule has 0 aliphatic carbocycles. The zero-order valence-electron chi connectivity index (χ0n) is 30.1. The Morgan fingerprint density at radius 1 is 0.339 bits per heavy atom. The van der Waals surface area contributed by atoms with Crippen LogP contribution in [0.15, 0.2) is 182 Å². The van der Waals surface area contributed by atoms with Crippen LogP contribution in [0.3, 0.4) is 0 Å². The zero-order chi connectivity index (χ0) is 36.5. The lowest BCUT2D eigenvalue weighted by atomic mass is 9.99. The smallest absolute Gasteiger partial charge is 0.235 e. The van der Waals surface area contributed by atoms with Gasteiger partial charge in [-0.15, -0.1) is 0 Å². The van der Waals surface area contributed by atoms with Gasteiger partial charge in [-0.2, -0.15) is 0 Å². The normalized spacial score (nSPS) is 12.3. The summed E-state index contributed by atoms with van der Waals surface area (Å²) in [7, 11) is 0. The van der Waals surface area contributed by atoms with Crippen LogP contribution < -0.4 is 0 Å². The molecule has 0 aliphatic rings. The minimum Gasteiger partial charge on any atom is -0.307 e. The van der Waals surface area contributed by atoms with E-state index in [4.69, 9.17) is 9.97 Å². The van der Waals surface area contributed by atoms with Crippen LogP contribution in [0.5, 0.6) is 0 Å². The van der Waals surface area contributed by atoms with Gasteiger partial charge in [0.2, 0.25) is 5.95 Å². The molecule has 0 fully saturated rings. The summed E-state index contributed by atoms with van der Waals surface area (Å²) in [5, 5.41) is 13.1. The van der Waals surface area contributed by atoms with Gasteiger partial charge < -0.3 is 4.40 Å². The van der Waals surface area contributed by atoms with Gasteiger partial charge in [0.15, 0.2) is 0 Å². The molecule has 4 heteroatoms. The van der Waals surface area contributed by atoms with Crippen LogP contribution in [0.2, 0.25) is 0 Å². The van der Waals surface area contributed by atoms with Gasteiger partial charge in [0.05, 0.1) is 38.8 Å². The molecule has 0 spiro atoms. The first-order valence-corrected chi connectivity index (χ1v) is 19.2. The summed E-state index contributed by atoms with van der Waals surface area (Å²) in [5.74, 6) is 0.658. The van der Waals surface area contributed by atoms with Crippen molar-refractivity contribution < 1.29 is 0 Å². The average molecular weight is 711 g/mol. The first-order valence-electron chi connectivity index (χ1n) is 19.2. The predicted molar refractivity (Wildman–Crippen MR) is 234 cm³/mol. The van der Waals surface area contributed by atoms with E-state index in [1.54, 1.807) is 0 Å². The molecule has 0 saturated carbocycles. The maximum absolute atomic E-state index is 5.57. The van der Waals surface area contributed by atoms with Crippen molar-refractivity contribution in [1.29, 1.82) is 0 Å². The van der Waals surface area contributed by atoms with Crippen LogP contribution in [0, 0.1) is 0 Å². The molecule has 0 aliphatic heterocycles. The molecule has 4 nitrogen and oxygen atoms in total. The van der Waals surface area contributed by atoms with Crippen molar-refractivity contribution in [2.45, 2.75) is 0 Å². The zero-order valence-corrected chi connectivity index (χ0v) is 30.1. The number of hydrogen-bond acceptors (Lipinski definition) is 2. The molecule has 0 bridgehead atoms. The molecule has 13 rings (SSSR count). The summed E-state index contributed by atoms with van der Waals surface area (Å²) in [6, 6.07) is 65.8. The number of para-hydroxylation sites is 2. The van der Waals surface area contributed by atoms with Gasteiger partial charge >= 0.3 is 0 Å². The molecule has 258 valence electrons. The first-order chi connectivity index (χ1) is 27.8.